The minimum absolute atomic E-state index is 0.423. The van der Waals surface area contributed by atoms with Gasteiger partial charge in [0.05, 0.1) is 5.41 Å². The van der Waals surface area contributed by atoms with E-state index in [1.165, 1.54) is 88.0 Å². The highest BCUT2D eigenvalue weighted by Crippen LogP contribution is 2.63. The smallest absolute Gasteiger partial charge is 0.164 e. The molecule has 3 heteroatoms. The van der Waals surface area contributed by atoms with Gasteiger partial charge in [0, 0.05) is 16.7 Å². The van der Waals surface area contributed by atoms with E-state index in [0.29, 0.717) is 17.5 Å². The molecule has 11 aromatic rings. The van der Waals surface area contributed by atoms with E-state index in [2.05, 4.69) is 176 Å². The first-order valence-electron chi connectivity index (χ1n) is 20.9. The van der Waals surface area contributed by atoms with Crippen LogP contribution in [0.2, 0.25) is 0 Å². The van der Waals surface area contributed by atoms with Gasteiger partial charge in [-0.15, -0.1) is 0 Å². The van der Waals surface area contributed by atoms with Crippen LogP contribution in [0.3, 0.4) is 0 Å². The molecule has 0 atom stereocenters. The third-order valence-corrected chi connectivity index (χ3v) is 13.1. The molecule has 1 spiro atoms. The molecule has 13 rings (SSSR count). The lowest BCUT2D eigenvalue weighted by molar-refractivity contribution is 0.794. The van der Waals surface area contributed by atoms with E-state index in [1.54, 1.807) is 0 Å². The van der Waals surface area contributed by atoms with Crippen molar-refractivity contribution in [1.82, 2.24) is 15.0 Å². The van der Waals surface area contributed by atoms with Crippen LogP contribution in [0.25, 0.3) is 99.9 Å². The standard InChI is InChI=1S/C58H35N3/c1-3-16-36(17-4-1)55-59-56(37-18-5-2-6-19-37)61-57(60-55)39-31-32-43-41-20-7-8-21-42(41)48-26-15-25-40(54(48)49(43)34-39)38-30-33-47-46-24-11-14-29-52(46)58(53(47)35-38)50-27-12-9-22-44(50)45-23-10-13-28-51(45)58/h1-35H. The predicted molar refractivity (Wildman–Crippen MR) is 250 cm³/mol. The molecule has 0 aliphatic heterocycles. The van der Waals surface area contributed by atoms with E-state index in [9.17, 15) is 0 Å². The van der Waals surface area contributed by atoms with Crippen molar-refractivity contribution in [2.24, 2.45) is 0 Å². The number of nitrogens with zero attached hydrogens (tertiary/aromatic N) is 3. The molecule has 2 aliphatic carbocycles. The van der Waals surface area contributed by atoms with Crippen LogP contribution in [0.15, 0.2) is 212 Å². The average Bonchev–Trinajstić information content (AvgIpc) is 3.81. The zero-order valence-electron chi connectivity index (χ0n) is 33.0. The zero-order valence-corrected chi connectivity index (χ0v) is 33.0. The number of rotatable bonds is 4. The molecule has 0 amide bonds. The molecule has 1 aromatic heterocycles. The maximum Gasteiger partial charge on any atom is 0.164 e. The highest BCUT2D eigenvalue weighted by Gasteiger charge is 2.51. The normalized spacial score (nSPS) is 13.0. The molecule has 0 N–H and O–H groups in total. The monoisotopic (exact) mass is 773 g/mol. The highest BCUT2D eigenvalue weighted by atomic mass is 15.0. The first-order chi connectivity index (χ1) is 30.3. The summed E-state index contributed by atoms with van der Waals surface area (Å²) >= 11 is 0. The topological polar surface area (TPSA) is 38.7 Å². The predicted octanol–water partition coefficient (Wildman–Crippen LogP) is 14.3. The Kier molecular flexibility index (Phi) is 7.22. The zero-order chi connectivity index (χ0) is 40.1. The quantitative estimate of drug-likeness (QED) is 0.167. The summed E-state index contributed by atoms with van der Waals surface area (Å²) in [5.74, 6) is 1.94. The van der Waals surface area contributed by atoms with Gasteiger partial charge in [0.15, 0.2) is 17.5 Å². The van der Waals surface area contributed by atoms with Crippen molar-refractivity contribution in [3.8, 4) is 67.5 Å². The van der Waals surface area contributed by atoms with Gasteiger partial charge in [-0.25, -0.2) is 15.0 Å². The SMILES string of the molecule is c1ccc(-c2nc(-c3ccccc3)nc(-c3ccc4c5ccccc5c5cccc(-c6ccc7c(c6)C6(c8ccccc8-c8ccccc86)c6ccccc6-7)c5c4c3)n2)cc1. The maximum absolute atomic E-state index is 5.14. The lowest BCUT2D eigenvalue weighted by Crippen LogP contribution is -2.25. The molecule has 1 heterocycles. The lowest BCUT2D eigenvalue weighted by Gasteiger charge is -2.30. The minimum Gasteiger partial charge on any atom is -0.208 e. The Bertz CT molecular complexity index is 3470. The number of hydrogen-bond donors (Lipinski definition) is 0. The van der Waals surface area contributed by atoms with E-state index in [0.717, 1.165) is 16.7 Å². The molecule has 0 unspecified atom stereocenters. The van der Waals surface area contributed by atoms with Gasteiger partial charge >= 0.3 is 0 Å². The van der Waals surface area contributed by atoms with Crippen molar-refractivity contribution in [3.63, 3.8) is 0 Å². The summed E-state index contributed by atoms with van der Waals surface area (Å²) in [5, 5.41) is 7.26. The van der Waals surface area contributed by atoms with Crippen molar-refractivity contribution < 1.29 is 0 Å². The van der Waals surface area contributed by atoms with Gasteiger partial charge in [-0.2, -0.15) is 0 Å². The van der Waals surface area contributed by atoms with E-state index >= 15 is 0 Å². The summed E-state index contributed by atoms with van der Waals surface area (Å²) in [6, 6.07) is 77.0. The van der Waals surface area contributed by atoms with Crippen LogP contribution in [0.5, 0.6) is 0 Å². The fraction of sp³-hybridized carbons (Fsp3) is 0.0172. The van der Waals surface area contributed by atoms with Crippen molar-refractivity contribution in [2.45, 2.75) is 5.41 Å². The Hall–Kier alpha value is -8.01. The second-order valence-corrected chi connectivity index (χ2v) is 16.2. The summed E-state index contributed by atoms with van der Waals surface area (Å²) in [5.41, 5.74) is 15.4. The third-order valence-electron chi connectivity index (χ3n) is 13.1. The van der Waals surface area contributed by atoms with Crippen molar-refractivity contribution in [1.29, 1.82) is 0 Å². The van der Waals surface area contributed by atoms with Crippen LogP contribution in [0, 0.1) is 0 Å². The lowest BCUT2D eigenvalue weighted by atomic mass is 9.70. The highest BCUT2D eigenvalue weighted by molar-refractivity contribution is 6.29. The molecule has 0 fully saturated rings. The molecular weight excluding hydrogens is 739 g/mol. The Morgan fingerprint density at radius 1 is 0.246 bits per heavy atom. The molecule has 2 aliphatic rings. The summed E-state index contributed by atoms with van der Waals surface area (Å²) in [7, 11) is 0. The van der Waals surface area contributed by atoms with Crippen LogP contribution in [0.4, 0.5) is 0 Å². The van der Waals surface area contributed by atoms with Gasteiger partial charge in [-0.05, 0) is 100 Å². The second-order valence-electron chi connectivity index (χ2n) is 16.2. The van der Waals surface area contributed by atoms with Crippen LogP contribution in [-0.2, 0) is 5.41 Å². The van der Waals surface area contributed by atoms with Crippen LogP contribution >= 0.6 is 0 Å². The molecule has 0 saturated heterocycles. The Labute approximate surface area is 353 Å². The first kappa shape index (κ1) is 33.9. The molecule has 61 heavy (non-hydrogen) atoms. The summed E-state index contributed by atoms with van der Waals surface area (Å²) in [6.07, 6.45) is 0. The van der Waals surface area contributed by atoms with Gasteiger partial charge in [-0.1, -0.05) is 200 Å². The van der Waals surface area contributed by atoms with Gasteiger partial charge in [-0.3, -0.25) is 0 Å². The molecular formula is C58H35N3. The molecule has 10 aromatic carbocycles. The van der Waals surface area contributed by atoms with Gasteiger partial charge in [0.25, 0.3) is 0 Å². The van der Waals surface area contributed by atoms with Crippen LogP contribution in [0.1, 0.15) is 22.3 Å². The largest absolute Gasteiger partial charge is 0.208 e. The second kappa shape index (κ2) is 13.0. The van der Waals surface area contributed by atoms with Gasteiger partial charge in [0.1, 0.15) is 0 Å². The third kappa shape index (κ3) is 4.83. The van der Waals surface area contributed by atoms with E-state index < -0.39 is 5.41 Å². The maximum atomic E-state index is 5.14. The van der Waals surface area contributed by atoms with E-state index in [4.69, 9.17) is 15.0 Å². The van der Waals surface area contributed by atoms with Gasteiger partial charge in [0.2, 0.25) is 0 Å². The average molecular weight is 774 g/mol. The molecule has 282 valence electrons. The van der Waals surface area contributed by atoms with Crippen LogP contribution in [-0.4, -0.2) is 15.0 Å². The summed E-state index contributed by atoms with van der Waals surface area (Å²) in [6.45, 7) is 0. The molecule has 0 saturated carbocycles. The van der Waals surface area contributed by atoms with Gasteiger partial charge < -0.3 is 0 Å². The Morgan fingerprint density at radius 3 is 1.26 bits per heavy atom. The molecule has 3 nitrogen and oxygen atoms in total. The van der Waals surface area contributed by atoms with Crippen molar-refractivity contribution in [3.05, 3.63) is 235 Å². The summed E-state index contributed by atoms with van der Waals surface area (Å²) in [4.78, 5) is 15.3. The van der Waals surface area contributed by atoms with E-state index in [1.807, 2.05) is 36.4 Å². The fourth-order valence-corrected chi connectivity index (χ4v) is 10.6. The Balaban J connectivity index is 1.08. The van der Waals surface area contributed by atoms with Crippen molar-refractivity contribution in [2.75, 3.05) is 0 Å². The first-order valence-corrected chi connectivity index (χ1v) is 20.9. The number of fused-ring (bicyclic) bond motifs is 16. The fourth-order valence-electron chi connectivity index (χ4n) is 10.6. The molecule has 0 bridgehead atoms. The number of hydrogen-bond acceptors (Lipinski definition) is 3. The minimum atomic E-state index is -0.423. The number of benzene rings is 10. The van der Waals surface area contributed by atoms with E-state index in [-0.39, 0.29) is 0 Å². The van der Waals surface area contributed by atoms with Crippen LogP contribution < -0.4 is 0 Å². The Morgan fingerprint density at radius 2 is 0.672 bits per heavy atom. The van der Waals surface area contributed by atoms with Crippen molar-refractivity contribution >= 4 is 32.3 Å². The number of aromatic nitrogens is 3. The summed E-state index contributed by atoms with van der Waals surface area (Å²) < 4.78 is 0. The molecule has 0 radical (unpaired) electrons.